The minimum Gasteiger partial charge on any atom is -0.313 e. The summed E-state index contributed by atoms with van der Waals surface area (Å²) >= 11 is 0. The first-order chi connectivity index (χ1) is 14.8. The molecule has 0 bridgehead atoms. The minimum atomic E-state index is -4.87. The second kappa shape index (κ2) is 8.88. The van der Waals surface area contributed by atoms with Gasteiger partial charge in [0.05, 0.1) is 28.5 Å². The summed E-state index contributed by atoms with van der Waals surface area (Å²) in [5.41, 5.74) is -1.24. The molecule has 32 heavy (non-hydrogen) atoms. The van der Waals surface area contributed by atoms with Crippen molar-refractivity contribution in [2.75, 3.05) is 27.2 Å². The Morgan fingerprint density at radius 1 is 1.09 bits per heavy atom. The molecule has 10 heteroatoms. The maximum atomic E-state index is 13.4. The van der Waals surface area contributed by atoms with Gasteiger partial charge in [-0.3, -0.25) is 14.7 Å². The van der Waals surface area contributed by atoms with E-state index in [-0.39, 0.29) is 35.9 Å². The van der Waals surface area contributed by atoms with Gasteiger partial charge in [0.25, 0.3) is 0 Å². The molecule has 2 aliphatic rings. The molecule has 0 N–H and O–H groups in total. The predicted molar refractivity (Wildman–Crippen MR) is 108 cm³/mol. The van der Waals surface area contributed by atoms with Crippen molar-refractivity contribution in [3.8, 4) is 0 Å². The van der Waals surface area contributed by atoms with E-state index in [4.69, 9.17) is 0 Å². The molecular formula is C22H25F6N3O. The van der Waals surface area contributed by atoms with E-state index in [1.165, 1.54) is 0 Å². The number of allylic oxidation sites excluding steroid dienone is 2. The van der Waals surface area contributed by atoms with Crippen LogP contribution in [0.25, 0.3) is 0 Å². The maximum Gasteiger partial charge on any atom is 0.416 e. The van der Waals surface area contributed by atoms with E-state index >= 15 is 0 Å². The Hall–Kier alpha value is -2.36. The Bertz CT molecular complexity index is 927. The van der Waals surface area contributed by atoms with Crippen LogP contribution < -0.4 is 0 Å². The highest BCUT2D eigenvalue weighted by Gasteiger charge is 2.39. The van der Waals surface area contributed by atoms with Crippen molar-refractivity contribution in [2.45, 2.75) is 38.7 Å². The number of amides is 1. The van der Waals surface area contributed by atoms with Gasteiger partial charge in [-0.1, -0.05) is 12.1 Å². The smallest absolute Gasteiger partial charge is 0.313 e. The lowest BCUT2D eigenvalue weighted by Crippen LogP contribution is -2.34. The van der Waals surface area contributed by atoms with Gasteiger partial charge in [0.2, 0.25) is 5.91 Å². The molecule has 1 aromatic rings. The number of carbonyl (C=O) groups is 1. The molecule has 0 radical (unpaired) electrons. The van der Waals surface area contributed by atoms with E-state index in [1.54, 1.807) is 25.9 Å². The minimum absolute atomic E-state index is 0.0312. The maximum absolute atomic E-state index is 13.4. The molecule has 2 saturated heterocycles. The zero-order valence-corrected chi connectivity index (χ0v) is 18.0. The van der Waals surface area contributed by atoms with E-state index in [1.807, 2.05) is 11.0 Å². The molecular weight excluding hydrogens is 436 g/mol. The van der Waals surface area contributed by atoms with Crippen molar-refractivity contribution in [1.82, 2.24) is 9.80 Å². The van der Waals surface area contributed by atoms with Gasteiger partial charge in [-0.25, -0.2) is 0 Å². The average Bonchev–Trinajstić information content (AvgIpc) is 2.91. The normalized spacial score (nSPS) is 24.2. The second-order valence-electron chi connectivity index (χ2n) is 8.26. The number of alkyl halides is 6. The Labute approximate surface area is 182 Å². The molecule has 1 atom stereocenters. The first kappa shape index (κ1) is 24.3. The highest BCUT2D eigenvalue weighted by Crippen LogP contribution is 2.38. The third-order valence-corrected chi connectivity index (χ3v) is 6.14. The summed E-state index contributed by atoms with van der Waals surface area (Å²) in [6.07, 6.45) is -6.37. The van der Waals surface area contributed by atoms with Crippen LogP contribution in [0.3, 0.4) is 0 Å². The molecule has 1 aromatic carbocycles. The van der Waals surface area contributed by atoms with E-state index in [2.05, 4.69) is 4.99 Å². The Kier molecular flexibility index (Phi) is 6.74. The van der Waals surface area contributed by atoms with Crippen molar-refractivity contribution in [3.05, 3.63) is 46.7 Å². The summed E-state index contributed by atoms with van der Waals surface area (Å²) in [5.74, 6) is -0.207. The third-order valence-electron chi connectivity index (χ3n) is 6.14. The summed E-state index contributed by atoms with van der Waals surface area (Å²) in [4.78, 5) is 19.8. The van der Waals surface area contributed by atoms with Crippen LogP contribution >= 0.6 is 0 Å². The fourth-order valence-electron chi connectivity index (χ4n) is 4.32. The quantitative estimate of drug-likeness (QED) is 0.594. The fraction of sp³-hybridized carbons (Fsp3) is 0.545. The average molecular weight is 461 g/mol. The van der Waals surface area contributed by atoms with Crippen LogP contribution in [0.2, 0.25) is 0 Å². The van der Waals surface area contributed by atoms with Crippen molar-refractivity contribution >= 4 is 11.6 Å². The number of benzene rings is 1. The molecule has 2 aliphatic heterocycles. The first-order valence-corrected chi connectivity index (χ1v) is 10.3. The molecule has 0 aromatic heterocycles. The number of nitrogens with zero attached hydrogens (tertiary/aromatic N) is 3. The van der Waals surface area contributed by atoms with Crippen molar-refractivity contribution in [3.63, 3.8) is 0 Å². The Morgan fingerprint density at radius 2 is 1.72 bits per heavy atom. The first-order valence-electron chi connectivity index (χ1n) is 10.3. The van der Waals surface area contributed by atoms with Crippen LogP contribution in [0.4, 0.5) is 26.3 Å². The third kappa shape index (κ3) is 5.00. The van der Waals surface area contributed by atoms with E-state index in [0.29, 0.717) is 32.0 Å². The lowest BCUT2D eigenvalue weighted by molar-refractivity contribution is -0.143. The molecule has 2 fully saturated rings. The van der Waals surface area contributed by atoms with Crippen molar-refractivity contribution in [1.29, 1.82) is 0 Å². The van der Waals surface area contributed by atoms with Gasteiger partial charge < -0.3 is 4.90 Å². The monoisotopic (exact) mass is 461 g/mol. The Morgan fingerprint density at radius 3 is 2.25 bits per heavy atom. The molecule has 176 valence electrons. The highest BCUT2D eigenvalue weighted by atomic mass is 19.4. The summed E-state index contributed by atoms with van der Waals surface area (Å²) in [5, 5.41) is 0. The number of piperidine rings is 1. The van der Waals surface area contributed by atoms with E-state index < -0.39 is 23.5 Å². The van der Waals surface area contributed by atoms with Crippen LogP contribution in [0.5, 0.6) is 0 Å². The number of rotatable bonds is 3. The molecule has 0 saturated carbocycles. The number of likely N-dealkylation sites (tertiary alicyclic amines) is 2. The summed E-state index contributed by atoms with van der Waals surface area (Å²) < 4.78 is 78.8. The zero-order valence-electron chi connectivity index (χ0n) is 18.0. The highest BCUT2D eigenvalue weighted by molar-refractivity contribution is 6.19. The summed E-state index contributed by atoms with van der Waals surface area (Å²) in [7, 11) is 3.33. The van der Waals surface area contributed by atoms with Crippen LogP contribution in [-0.4, -0.2) is 48.6 Å². The topological polar surface area (TPSA) is 35.9 Å². The summed E-state index contributed by atoms with van der Waals surface area (Å²) in [6.45, 7) is 2.72. The number of hydrogen-bond acceptors (Lipinski definition) is 3. The van der Waals surface area contributed by atoms with E-state index in [0.717, 1.165) is 17.5 Å². The fourth-order valence-corrected chi connectivity index (χ4v) is 4.32. The van der Waals surface area contributed by atoms with Gasteiger partial charge >= 0.3 is 12.4 Å². The van der Waals surface area contributed by atoms with Gasteiger partial charge in [-0.2, -0.15) is 26.3 Å². The van der Waals surface area contributed by atoms with Crippen LogP contribution in [0, 0.1) is 11.8 Å². The Balaban J connectivity index is 1.71. The van der Waals surface area contributed by atoms with Crippen LogP contribution in [0.1, 0.15) is 36.5 Å². The summed E-state index contributed by atoms with van der Waals surface area (Å²) in [6, 6.07) is 1.80. The van der Waals surface area contributed by atoms with Crippen LogP contribution in [0.15, 0.2) is 35.0 Å². The van der Waals surface area contributed by atoms with Gasteiger partial charge in [0, 0.05) is 20.6 Å². The van der Waals surface area contributed by atoms with E-state index in [9.17, 15) is 31.1 Å². The lowest BCUT2D eigenvalue weighted by Gasteiger charge is -2.32. The zero-order chi connectivity index (χ0) is 23.8. The molecule has 2 heterocycles. The van der Waals surface area contributed by atoms with Gasteiger partial charge in [0.1, 0.15) is 0 Å². The number of aliphatic imine (C=N–C) groups is 1. The standard InChI is InChI=1S/C22H25F6N3O/c1-13-19(29-2)18(30(3)20(13)32)10-14-6-8-31(9-7-14)12-15-4-5-16(21(23,24)25)11-17(15)22(26,27)28/h4-5,10-11,13-14H,6-9,12H2,1-3H3/b18-10-,29-19?. The number of carbonyl (C=O) groups excluding carboxylic acids is 1. The molecule has 0 spiro atoms. The number of hydrogen-bond donors (Lipinski definition) is 0. The molecule has 0 aliphatic carbocycles. The van der Waals surface area contributed by atoms with Crippen molar-refractivity contribution in [2.24, 2.45) is 16.8 Å². The lowest BCUT2D eigenvalue weighted by atomic mass is 9.93. The SMILES string of the molecule is CN=C1/C(=C/C2CCN(Cc3ccc(C(F)(F)F)cc3C(F)(F)F)CC2)N(C)C(=O)C1C. The van der Waals surface area contributed by atoms with Crippen molar-refractivity contribution < 1.29 is 31.1 Å². The molecule has 4 nitrogen and oxygen atoms in total. The van der Waals surface area contributed by atoms with Gasteiger partial charge in [-0.15, -0.1) is 0 Å². The molecule has 3 rings (SSSR count). The molecule has 1 amide bonds. The van der Waals surface area contributed by atoms with Gasteiger partial charge in [-0.05, 0) is 56.5 Å². The van der Waals surface area contributed by atoms with Crippen LogP contribution in [-0.2, 0) is 23.7 Å². The number of halogens is 6. The predicted octanol–water partition coefficient (Wildman–Crippen LogP) is 5.00. The van der Waals surface area contributed by atoms with Gasteiger partial charge in [0.15, 0.2) is 0 Å². The largest absolute Gasteiger partial charge is 0.416 e. The second-order valence-corrected chi connectivity index (χ2v) is 8.26. The molecule has 1 unspecified atom stereocenters.